The van der Waals surface area contributed by atoms with Crippen molar-refractivity contribution in [1.29, 1.82) is 0 Å². The van der Waals surface area contributed by atoms with Gasteiger partial charge in [0.25, 0.3) is 11.1 Å². The molecule has 0 spiro atoms. The van der Waals surface area contributed by atoms with Crippen molar-refractivity contribution in [3.05, 3.63) is 55.4 Å². The summed E-state index contributed by atoms with van der Waals surface area (Å²) in [4.78, 5) is 100.0. The minimum atomic E-state index is -5.77. The summed E-state index contributed by atoms with van der Waals surface area (Å²) in [7, 11) is -16.9. The van der Waals surface area contributed by atoms with E-state index in [0.717, 1.165) is 22.9 Å². The van der Waals surface area contributed by atoms with Gasteiger partial charge in [0.05, 0.1) is 24.6 Å². The minimum absolute atomic E-state index is 0.0664. The number of imidazole rings is 1. The molecule has 27 heteroatoms. The van der Waals surface area contributed by atoms with Crippen LogP contribution in [0.2, 0.25) is 0 Å². The third kappa shape index (κ3) is 9.69. The number of carbonyl (C=O) groups is 1. The van der Waals surface area contributed by atoms with Crippen molar-refractivity contribution in [3.63, 3.8) is 0 Å². The molecule has 0 saturated carbocycles. The van der Waals surface area contributed by atoms with Gasteiger partial charge in [0, 0.05) is 31.8 Å². The van der Waals surface area contributed by atoms with Crippen molar-refractivity contribution in [2.45, 2.75) is 24.9 Å². The van der Waals surface area contributed by atoms with Gasteiger partial charge in [0.1, 0.15) is 12.3 Å². The van der Waals surface area contributed by atoms with E-state index in [1.165, 1.54) is 6.33 Å². The summed E-state index contributed by atoms with van der Waals surface area (Å²) in [5.74, 6) is -0.513. The summed E-state index contributed by atoms with van der Waals surface area (Å²) in [6.07, 6.45) is -0.0916. The molecule has 24 nitrogen and oxygen atoms in total. The second kappa shape index (κ2) is 14.0. The van der Waals surface area contributed by atoms with Gasteiger partial charge in [0.2, 0.25) is 11.9 Å². The molecule has 10 N–H and O–H groups in total. The van der Waals surface area contributed by atoms with Crippen LogP contribution in [0.5, 0.6) is 0 Å². The number of phosphoric acid groups is 3. The molecule has 4 heterocycles. The molecule has 5 atom stereocenters. The highest BCUT2D eigenvalue weighted by Crippen LogP contribution is 2.66. The first-order valence-corrected chi connectivity index (χ1v) is 17.0. The van der Waals surface area contributed by atoms with Gasteiger partial charge >= 0.3 is 29.2 Å². The summed E-state index contributed by atoms with van der Waals surface area (Å²) in [5, 5.41) is 15.6. The zero-order valence-corrected chi connectivity index (χ0v) is 25.5. The first-order valence-electron chi connectivity index (χ1n) is 12.5. The van der Waals surface area contributed by atoms with E-state index < -0.39 is 71.2 Å². The van der Waals surface area contributed by atoms with Crippen molar-refractivity contribution in [3.8, 4) is 0 Å². The predicted octanol–water partition coefficient (Wildman–Crippen LogP) is -2.27. The van der Waals surface area contributed by atoms with E-state index in [1.807, 2.05) is 4.98 Å². The quantitative estimate of drug-likeness (QED) is 0.0478. The molecule has 46 heavy (non-hydrogen) atoms. The molecule has 0 bridgehead atoms. The Balaban J connectivity index is 1.31. The molecular weight excluding hydrogens is 689 g/mol. The number of anilines is 1. The first kappa shape index (κ1) is 35.2. The van der Waals surface area contributed by atoms with Crippen molar-refractivity contribution in [1.82, 2.24) is 34.8 Å². The van der Waals surface area contributed by atoms with E-state index >= 15 is 0 Å². The van der Waals surface area contributed by atoms with Gasteiger partial charge in [-0.15, -0.1) is 0 Å². The zero-order chi connectivity index (χ0) is 33.9. The maximum atomic E-state index is 12.4. The predicted molar refractivity (Wildman–Crippen MR) is 151 cm³/mol. The molecule has 1 amide bonds. The third-order valence-corrected chi connectivity index (χ3v) is 9.56. The maximum absolute atomic E-state index is 12.4. The number of phosphoric ester groups is 1. The number of H-pyrrole nitrogens is 3. The number of carbonyl (C=O) groups excluding carboxylic acids is 1. The normalized spacial score (nSPS) is 21.3. The van der Waals surface area contributed by atoms with Crippen molar-refractivity contribution in [2.24, 2.45) is 0 Å². The molecule has 0 aromatic carbocycles. The number of nitrogens with zero attached hydrogens (tertiary/aromatic N) is 3. The fraction of sp³-hybridized carbons (Fsp3) is 0.368. The second-order valence-electron chi connectivity index (χ2n) is 9.14. The summed E-state index contributed by atoms with van der Waals surface area (Å²) < 4.78 is 52.0. The lowest BCUT2D eigenvalue weighted by molar-refractivity contribution is -0.116. The number of aromatic amines is 3. The molecule has 3 aromatic heterocycles. The van der Waals surface area contributed by atoms with Crippen LogP contribution in [0.25, 0.3) is 17.2 Å². The Labute approximate surface area is 253 Å². The number of ether oxygens (including phenoxy) is 1. The van der Waals surface area contributed by atoms with Gasteiger partial charge < -0.3 is 45.0 Å². The number of hydrogen-bond acceptors (Lipinski definition) is 15. The highest BCUT2D eigenvalue weighted by Gasteiger charge is 2.43. The number of hydrogen-bond donors (Lipinski definition) is 10. The van der Waals surface area contributed by atoms with Crippen LogP contribution in [-0.4, -0.2) is 92.0 Å². The van der Waals surface area contributed by atoms with Crippen molar-refractivity contribution >= 4 is 52.6 Å². The fourth-order valence-corrected chi connectivity index (χ4v) is 6.89. The summed E-state index contributed by atoms with van der Waals surface area (Å²) in [5.41, 5.74) is -2.09. The molecule has 4 rings (SSSR count). The van der Waals surface area contributed by atoms with E-state index in [2.05, 4.69) is 43.7 Å². The Morgan fingerprint density at radius 2 is 1.83 bits per heavy atom. The van der Waals surface area contributed by atoms with E-state index in [9.17, 15) is 47.8 Å². The Kier molecular flexibility index (Phi) is 10.7. The van der Waals surface area contributed by atoms with Crippen LogP contribution in [0, 0.1) is 0 Å². The molecule has 1 saturated heterocycles. The average molecular weight is 714 g/mol. The Morgan fingerprint density at radius 3 is 2.54 bits per heavy atom. The molecule has 252 valence electrons. The first-order chi connectivity index (χ1) is 21.4. The number of nitrogens with one attached hydrogen (secondary N) is 5. The lowest BCUT2D eigenvalue weighted by atomic mass is 10.2. The van der Waals surface area contributed by atoms with Gasteiger partial charge in [-0.25, -0.2) is 23.5 Å². The topological polar surface area (TPSA) is 360 Å². The molecular formula is C19H25N8O16P3. The molecule has 3 aromatic rings. The number of aromatic nitrogens is 6. The third-order valence-electron chi connectivity index (χ3n) is 5.75. The molecule has 1 fully saturated rings. The second-order valence-corrected chi connectivity index (χ2v) is 13.6. The highest BCUT2D eigenvalue weighted by molar-refractivity contribution is 7.66. The zero-order valence-electron chi connectivity index (χ0n) is 22.8. The van der Waals surface area contributed by atoms with E-state index in [0.29, 0.717) is 0 Å². The Morgan fingerprint density at radius 1 is 1.09 bits per heavy atom. The summed E-state index contributed by atoms with van der Waals surface area (Å²) in [6.45, 7) is -0.767. The van der Waals surface area contributed by atoms with Crippen molar-refractivity contribution in [2.75, 3.05) is 25.0 Å². The maximum Gasteiger partial charge on any atom is 0.490 e. The number of amides is 1. The number of aliphatic hydroxyl groups excluding tert-OH is 1. The molecule has 0 radical (unpaired) electrons. The summed E-state index contributed by atoms with van der Waals surface area (Å²) in [6, 6.07) is 0. The molecule has 0 aliphatic carbocycles. The van der Waals surface area contributed by atoms with Crippen LogP contribution in [0.1, 0.15) is 18.2 Å². The highest BCUT2D eigenvalue weighted by atomic mass is 31.3. The molecule has 3 unspecified atom stereocenters. The molecule has 1 aliphatic rings. The number of aliphatic hydroxyl groups is 1. The van der Waals surface area contributed by atoms with Crippen LogP contribution in [-0.2, 0) is 36.4 Å². The lowest BCUT2D eigenvalue weighted by Crippen LogP contribution is -2.33. The SMILES string of the molecule is O=C(/C=C/c1cn([C@H]2C[C@@H](O)C(COP(=O)(O)OP(=O)(O)OP(=O)(O)O)O2)c(=O)[nH]c1=O)NCCNc1nc2nc[nH]c2c(=O)[nH]1. The van der Waals surface area contributed by atoms with Gasteiger partial charge in [-0.2, -0.15) is 13.6 Å². The standard InChI is InChI=1S/C19H25N8O16P3/c28-10-5-13(41-11(10)7-40-45(36,37)43-46(38,39)42-44(33,34)35)27-6-9(16(30)26-19(27)32)1-2-12(29)20-3-4-21-18-24-15-14(17(31)25-18)22-8-23-15/h1-2,6,8,10-11,13,28H,3-5,7H2,(H,20,29)(H,36,37)(H,38,39)(H,26,30,32)(H2,33,34,35)(H3,21,22,23,24,25,31)/b2-1+/t10-,11?,13-/m1/s1. The van der Waals surface area contributed by atoms with Crippen LogP contribution in [0.15, 0.2) is 33.0 Å². The fourth-order valence-electron chi connectivity index (χ4n) is 3.86. The average Bonchev–Trinajstić information content (AvgIpc) is 3.54. The minimum Gasteiger partial charge on any atom is -0.390 e. The van der Waals surface area contributed by atoms with Gasteiger partial charge in [-0.05, 0) is 6.08 Å². The van der Waals surface area contributed by atoms with Crippen LogP contribution in [0.3, 0.4) is 0 Å². The lowest BCUT2D eigenvalue weighted by Gasteiger charge is -2.19. The van der Waals surface area contributed by atoms with E-state index in [-0.39, 0.29) is 42.2 Å². The van der Waals surface area contributed by atoms with Crippen LogP contribution < -0.4 is 27.4 Å². The smallest absolute Gasteiger partial charge is 0.390 e. The Bertz CT molecular complexity index is 1950. The number of fused-ring (bicyclic) bond motifs is 1. The van der Waals surface area contributed by atoms with E-state index in [1.54, 1.807) is 0 Å². The van der Waals surface area contributed by atoms with Gasteiger partial charge in [-0.3, -0.25) is 33.4 Å². The molecule has 1 aliphatic heterocycles. The largest absolute Gasteiger partial charge is 0.490 e. The Hall–Kier alpha value is -3.63. The van der Waals surface area contributed by atoms with Crippen molar-refractivity contribution < 1.29 is 61.1 Å². The van der Waals surface area contributed by atoms with Gasteiger partial charge in [0.15, 0.2) is 11.2 Å². The van der Waals surface area contributed by atoms with Crippen LogP contribution in [0.4, 0.5) is 5.95 Å². The number of rotatable bonds is 14. The van der Waals surface area contributed by atoms with Gasteiger partial charge in [-0.1, -0.05) is 0 Å². The summed E-state index contributed by atoms with van der Waals surface area (Å²) >= 11 is 0. The monoisotopic (exact) mass is 714 g/mol. The van der Waals surface area contributed by atoms with Crippen LogP contribution >= 0.6 is 23.5 Å². The van der Waals surface area contributed by atoms with E-state index in [4.69, 9.17) is 14.5 Å².